The van der Waals surface area contributed by atoms with E-state index in [1.807, 2.05) is 34.6 Å². The summed E-state index contributed by atoms with van der Waals surface area (Å²) >= 11 is 0. The fourth-order valence-corrected chi connectivity index (χ4v) is 9.39. The zero-order valence-corrected chi connectivity index (χ0v) is 42.3. The van der Waals surface area contributed by atoms with E-state index in [2.05, 4.69) is 16.0 Å². The molecule has 6 amide bonds. The lowest BCUT2D eigenvalue weighted by molar-refractivity contribution is -0.162. The first-order valence-corrected chi connectivity index (χ1v) is 24.4. The van der Waals surface area contributed by atoms with Crippen molar-refractivity contribution in [3.63, 3.8) is 0 Å². The molecule has 3 saturated heterocycles. The quantitative estimate of drug-likeness (QED) is 0.144. The number of rotatable bonds is 14. The fraction of sp³-hybridized carbons (Fsp3) is 0.812. The molecule has 0 bridgehead atoms. The van der Waals surface area contributed by atoms with E-state index in [0.29, 0.717) is 45.1 Å². The van der Waals surface area contributed by atoms with E-state index >= 15 is 0 Å². The number of esters is 2. The van der Waals surface area contributed by atoms with Gasteiger partial charge in [-0.25, -0.2) is 4.79 Å². The van der Waals surface area contributed by atoms with Crippen LogP contribution in [0, 0.1) is 23.7 Å². The number of likely N-dealkylation sites (tertiary alicyclic amines) is 1. The van der Waals surface area contributed by atoms with Crippen LogP contribution in [-0.4, -0.2) is 172 Å². The van der Waals surface area contributed by atoms with Crippen molar-refractivity contribution < 1.29 is 57.7 Å². The minimum atomic E-state index is -1.56. The third kappa shape index (κ3) is 15.2. The Hall–Kier alpha value is -4.65. The third-order valence-electron chi connectivity index (χ3n) is 13.4. The second kappa shape index (κ2) is 25.6. The van der Waals surface area contributed by atoms with Crippen LogP contribution in [0.1, 0.15) is 134 Å². The Morgan fingerprint density at radius 1 is 0.881 bits per heavy atom. The maximum atomic E-state index is 14.6. The van der Waals surface area contributed by atoms with Gasteiger partial charge in [0.25, 0.3) is 11.8 Å². The molecular weight excluding hydrogens is 867 g/mol. The van der Waals surface area contributed by atoms with Crippen LogP contribution in [0.15, 0.2) is 0 Å². The minimum absolute atomic E-state index is 0.0134. The lowest BCUT2D eigenvalue weighted by Crippen LogP contribution is -2.61. The molecule has 11 atom stereocenters. The predicted octanol–water partition coefficient (Wildman–Crippen LogP) is 1.95. The number of nitrogens with zero attached hydrogens (tertiary/aromatic N) is 4. The van der Waals surface area contributed by atoms with Crippen molar-refractivity contribution in [3.05, 3.63) is 0 Å². The molecule has 0 aromatic carbocycles. The van der Waals surface area contributed by atoms with Crippen molar-refractivity contribution in [2.45, 2.75) is 195 Å². The van der Waals surface area contributed by atoms with Crippen molar-refractivity contribution >= 4 is 53.2 Å². The van der Waals surface area contributed by atoms with Gasteiger partial charge < -0.3 is 45.2 Å². The van der Waals surface area contributed by atoms with Crippen LogP contribution >= 0.6 is 0 Å². The molecule has 19 nitrogen and oxygen atoms in total. The number of likely N-dealkylation sites (N-methyl/N-ethyl adjacent to an activating group) is 2. The van der Waals surface area contributed by atoms with Gasteiger partial charge in [-0.15, -0.1) is 0 Å². The normalized spacial score (nSPS) is 28.7. The van der Waals surface area contributed by atoms with E-state index in [9.17, 15) is 48.3 Å². The van der Waals surface area contributed by atoms with Gasteiger partial charge in [-0.2, -0.15) is 0 Å². The van der Waals surface area contributed by atoms with E-state index in [1.54, 1.807) is 39.6 Å². The van der Waals surface area contributed by atoms with Gasteiger partial charge in [0.15, 0.2) is 6.10 Å². The van der Waals surface area contributed by atoms with Gasteiger partial charge in [-0.05, 0) is 82.6 Å². The third-order valence-corrected chi connectivity index (χ3v) is 13.4. The molecule has 11 unspecified atom stereocenters. The van der Waals surface area contributed by atoms with E-state index < -0.39 is 126 Å². The van der Waals surface area contributed by atoms with Gasteiger partial charge in [-0.3, -0.25) is 43.3 Å². The van der Waals surface area contributed by atoms with Gasteiger partial charge in [-0.1, -0.05) is 68.7 Å². The van der Waals surface area contributed by atoms with E-state index in [-0.39, 0.29) is 43.8 Å². The van der Waals surface area contributed by atoms with Crippen LogP contribution in [0.25, 0.3) is 0 Å². The minimum Gasteiger partial charge on any atom is -0.458 e. The van der Waals surface area contributed by atoms with E-state index in [1.165, 1.54) is 35.6 Å². The van der Waals surface area contributed by atoms with Gasteiger partial charge in [0.05, 0.1) is 24.6 Å². The summed E-state index contributed by atoms with van der Waals surface area (Å²) in [6.45, 7) is 19.8. The van der Waals surface area contributed by atoms with Crippen LogP contribution < -0.4 is 16.0 Å². The fourth-order valence-electron chi connectivity index (χ4n) is 9.39. The lowest BCUT2D eigenvalue weighted by atomic mass is 9.92. The molecular formula is C48H81N7O12. The highest BCUT2D eigenvalue weighted by atomic mass is 16.6. The zero-order chi connectivity index (χ0) is 50.6. The molecule has 67 heavy (non-hydrogen) atoms. The predicted molar refractivity (Wildman–Crippen MR) is 248 cm³/mol. The number of aliphatic hydroxyl groups excluding tert-OH is 1. The summed E-state index contributed by atoms with van der Waals surface area (Å²) in [5.41, 5.74) is 0. The van der Waals surface area contributed by atoms with Crippen molar-refractivity contribution in [1.29, 1.82) is 0 Å². The molecule has 0 aromatic rings. The van der Waals surface area contributed by atoms with Gasteiger partial charge in [0.1, 0.15) is 30.3 Å². The van der Waals surface area contributed by atoms with E-state index in [4.69, 9.17) is 9.47 Å². The summed E-state index contributed by atoms with van der Waals surface area (Å²) in [7, 11) is 3.17. The molecule has 3 heterocycles. The largest absolute Gasteiger partial charge is 0.458 e. The number of cyclic esters (lactones) is 2. The summed E-state index contributed by atoms with van der Waals surface area (Å²) in [5, 5.41) is 20.1. The lowest BCUT2D eigenvalue weighted by Gasteiger charge is -2.36. The van der Waals surface area contributed by atoms with Gasteiger partial charge >= 0.3 is 11.9 Å². The molecule has 3 rings (SSSR count). The highest BCUT2D eigenvalue weighted by molar-refractivity contribution is 6.35. The summed E-state index contributed by atoms with van der Waals surface area (Å²) in [5.74, 6) is -7.18. The van der Waals surface area contributed by atoms with Crippen molar-refractivity contribution in [3.8, 4) is 0 Å². The Bertz CT molecular complexity index is 1780. The van der Waals surface area contributed by atoms with Crippen LogP contribution in [-0.2, 0) is 52.6 Å². The number of carbonyl (C=O) groups excluding carboxylic acids is 9. The summed E-state index contributed by atoms with van der Waals surface area (Å²) in [6, 6.07) is -7.03. The second-order valence-electron chi connectivity index (χ2n) is 20.2. The standard InChI is InChI=1S/C48H81N7O12/c1-14-29(9)39-37(57)24-38(58)67-41(28(7)8)44(61)49-33(22-26(3)4)46(63)55-21-17-19-35(55)47(64)53(13)34(15-2)48(65)66-31(11)40(43(60)50-39)51-42(59)36(23-27(5)6)52(12)25-32-18-16-20-54(32)45(62)30(10)56/h26-29,31-37,39-41,57H,14-25H2,1-13H3,(H,49,61)(H,50,60)(H,51,59). The number of carbonyl (C=O) groups is 9. The molecule has 4 N–H and O–H groups in total. The topological polar surface area (TPSA) is 241 Å². The first kappa shape index (κ1) is 56.7. The number of ketones is 1. The van der Waals surface area contributed by atoms with Crippen LogP contribution in [0.3, 0.4) is 0 Å². The smallest absolute Gasteiger partial charge is 0.329 e. The summed E-state index contributed by atoms with van der Waals surface area (Å²) in [6.07, 6.45) is -1.69. The van der Waals surface area contributed by atoms with Crippen LogP contribution in [0.5, 0.6) is 0 Å². The molecule has 380 valence electrons. The molecule has 0 saturated carbocycles. The highest BCUT2D eigenvalue weighted by Gasteiger charge is 2.44. The second-order valence-corrected chi connectivity index (χ2v) is 20.2. The summed E-state index contributed by atoms with van der Waals surface area (Å²) in [4.78, 5) is 130. The average molecular weight is 948 g/mol. The van der Waals surface area contributed by atoms with Gasteiger partial charge in [0, 0.05) is 39.6 Å². The van der Waals surface area contributed by atoms with E-state index in [0.717, 1.165) is 0 Å². The van der Waals surface area contributed by atoms with Crippen LogP contribution in [0.4, 0.5) is 0 Å². The zero-order valence-electron chi connectivity index (χ0n) is 42.3. The van der Waals surface area contributed by atoms with Crippen molar-refractivity contribution in [2.75, 3.05) is 33.7 Å². The monoisotopic (exact) mass is 948 g/mol. The molecule has 0 radical (unpaired) electrons. The number of nitrogens with one attached hydrogen (secondary N) is 3. The number of hydrogen-bond acceptors (Lipinski definition) is 13. The van der Waals surface area contributed by atoms with Crippen molar-refractivity contribution in [1.82, 2.24) is 35.6 Å². The number of fused-ring (bicyclic) bond motifs is 1. The number of Topliss-reactive ketones (excluding diaryl/α,β-unsaturated/α-hetero) is 1. The van der Waals surface area contributed by atoms with Crippen LogP contribution in [0.2, 0.25) is 0 Å². The summed E-state index contributed by atoms with van der Waals surface area (Å²) < 4.78 is 11.7. The molecule has 0 aliphatic carbocycles. The number of amides is 6. The molecule has 0 aromatic heterocycles. The van der Waals surface area contributed by atoms with Crippen molar-refractivity contribution in [2.24, 2.45) is 23.7 Å². The Kier molecular flexibility index (Phi) is 21.7. The Balaban J connectivity index is 2.12. The average Bonchev–Trinajstić information content (AvgIpc) is 3.93. The van der Waals surface area contributed by atoms with Gasteiger partial charge in [0.2, 0.25) is 29.4 Å². The highest BCUT2D eigenvalue weighted by Crippen LogP contribution is 2.26. The number of ether oxygens (including phenoxy) is 2. The maximum Gasteiger partial charge on any atom is 0.329 e. The molecule has 0 spiro atoms. The number of aliphatic hydroxyl groups is 1. The molecule has 3 aliphatic rings. The maximum absolute atomic E-state index is 14.6. The molecule has 3 fully saturated rings. The number of hydrogen-bond donors (Lipinski definition) is 4. The SMILES string of the molecule is CCC(C)C1NC(=O)C(NC(=O)C(CC(C)C)N(C)CC2CCCN2C(=O)C(C)=O)C(C)OC(=O)C(CC)N(C)C(=O)C2CCCN2C(=O)C(CC(C)C)NC(=O)C(C(C)C)OC(=O)CC1O. The Morgan fingerprint density at radius 3 is 2.09 bits per heavy atom. The first-order valence-electron chi connectivity index (χ1n) is 24.4. The molecule has 3 aliphatic heterocycles. The Labute approximate surface area is 397 Å². The molecule has 19 heteroatoms. The first-order chi connectivity index (χ1) is 31.3. The Morgan fingerprint density at radius 2 is 1.52 bits per heavy atom.